The van der Waals surface area contributed by atoms with Crippen molar-refractivity contribution in [1.29, 1.82) is 5.26 Å². The third-order valence-corrected chi connectivity index (χ3v) is 6.95. The van der Waals surface area contributed by atoms with Crippen LogP contribution in [-0.4, -0.2) is 35.1 Å². The van der Waals surface area contributed by atoms with Crippen molar-refractivity contribution in [3.8, 4) is 6.07 Å². The molecule has 0 radical (unpaired) electrons. The molecule has 2 aromatic rings. The maximum Gasteiger partial charge on any atom is 0.267 e. The first-order valence-electron chi connectivity index (χ1n) is 10.6. The first-order chi connectivity index (χ1) is 15.1. The van der Waals surface area contributed by atoms with Crippen molar-refractivity contribution in [3.05, 3.63) is 76.3 Å². The molecule has 2 aliphatic heterocycles. The number of carbonyl (C=O) groups is 2. The lowest BCUT2D eigenvalue weighted by molar-refractivity contribution is -0.127. The number of hydrogen-bond donors (Lipinski definition) is 0. The molecule has 0 aromatic heterocycles. The molecule has 4 rings (SSSR count). The van der Waals surface area contributed by atoms with Gasteiger partial charge in [-0.3, -0.25) is 14.5 Å². The number of anilines is 1. The van der Waals surface area contributed by atoms with Crippen molar-refractivity contribution in [1.82, 2.24) is 4.90 Å². The SMILES string of the molecule is Cc1ccc(C[C@@H]2S/C(=C(\C#N)C(=O)N3CCCCC3)N(c3ccccc3)C2=O)cc1. The molecule has 158 valence electrons. The van der Waals surface area contributed by atoms with E-state index in [9.17, 15) is 14.9 Å². The van der Waals surface area contributed by atoms with Crippen molar-refractivity contribution >= 4 is 29.3 Å². The van der Waals surface area contributed by atoms with Crippen molar-refractivity contribution in [3.63, 3.8) is 0 Å². The number of para-hydroxylation sites is 1. The number of nitrogens with zero attached hydrogens (tertiary/aromatic N) is 3. The van der Waals surface area contributed by atoms with Gasteiger partial charge in [-0.05, 0) is 50.3 Å². The Kier molecular flexibility index (Phi) is 6.43. The molecule has 0 N–H and O–H groups in total. The second-order valence-corrected chi connectivity index (χ2v) is 9.14. The number of nitriles is 1. The summed E-state index contributed by atoms with van der Waals surface area (Å²) in [4.78, 5) is 29.9. The summed E-state index contributed by atoms with van der Waals surface area (Å²) in [6.45, 7) is 3.35. The van der Waals surface area contributed by atoms with Gasteiger partial charge in [-0.25, -0.2) is 0 Å². The summed E-state index contributed by atoms with van der Waals surface area (Å²) in [5, 5.41) is 10.0. The van der Waals surface area contributed by atoms with Crippen molar-refractivity contribution in [2.45, 2.75) is 37.9 Å². The highest BCUT2D eigenvalue weighted by Crippen LogP contribution is 2.42. The second-order valence-electron chi connectivity index (χ2n) is 7.95. The van der Waals surface area contributed by atoms with E-state index in [1.54, 1.807) is 9.80 Å². The van der Waals surface area contributed by atoms with E-state index in [1.165, 1.54) is 17.3 Å². The second kappa shape index (κ2) is 9.40. The fraction of sp³-hybridized carbons (Fsp3) is 0.320. The van der Waals surface area contributed by atoms with Gasteiger partial charge in [0, 0.05) is 18.8 Å². The Bertz CT molecular complexity index is 1030. The van der Waals surface area contributed by atoms with Gasteiger partial charge in [-0.1, -0.05) is 59.8 Å². The van der Waals surface area contributed by atoms with Crippen LogP contribution in [0.4, 0.5) is 5.69 Å². The van der Waals surface area contributed by atoms with Crippen molar-refractivity contribution in [2.24, 2.45) is 0 Å². The van der Waals surface area contributed by atoms with Crippen LogP contribution in [0.3, 0.4) is 0 Å². The number of carbonyl (C=O) groups excluding carboxylic acids is 2. The molecule has 2 saturated heterocycles. The zero-order valence-corrected chi connectivity index (χ0v) is 18.4. The zero-order chi connectivity index (χ0) is 21.8. The number of aryl methyl sites for hydroxylation is 1. The van der Waals surface area contributed by atoms with Crippen LogP contribution in [-0.2, 0) is 16.0 Å². The molecule has 0 saturated carbocycles. The number of amides is 2. The van der Waals surface area contributed by atoms with E-state index < -0.39 is 0 Å². The molecule has 1 atom stereocenters. The van der Waals surface area contributed by atoms with Crippen LogP contribution in [0, 0.1) is 18.3 Å². The number of rotatable bonds is 4. The van der Waals surface area contributed by atoms with E-state index in [2.05, 4.69) is 6.07 Å². The Balaban J connectivity index is 1.71. The van der Waals surface area contributed by atoms with E-state index in [0.29, 0.717) is 30.2 Å². The lowest BCUT2D eigenvalue weighted by Gasteiger charge is -2.27. The zero-order valence-electron chi connectivity index (χ0n) is 17.6. The van der Waals surface area contributed by atoms with Crippen LogP contribution in [0.15, 0.2) is 65.2 Å². The van der Waals surface area contributed by atoms with Gasteiger partial charge in [0.1, 0.15) is 16.7 Å². The molecule has 0 spiro atoms. The van der Waals surface area contributed by atoms with Crippen LogP contribution in [0.25, 0.3) is 0 Å². The van der Waals surface area contributed by atoms with E-state index in [-0.39, 0.29) is 22.6 Å². The van der Waals surface area contributed by atoms with Crippen LogP contribution in [0.1, 0.15) is 30.4 Å². The van der Waals surface area contributed by atoms with Crippen LogP contribution in [0.5, 0.6) is 0 Å². The van der Waals surface area contributed by atoms with Crippen LogP contribution in [0.2, 0.25) is 0 Å². The van der Waals surface area contributed by atoms with Gasteiger partial charge in [0.2, 0.25) is 5.91 Å². The first-order valence-corrected chi connectivity index (χ1v) is 11.5. The number of piperidine rings is 1. The maximum atomic E-state index is 13.4. The van der Waals surface area contributed by atoms with Gasteiger partial charge in [0.15, 0.2) is 0 Å². The molecule has 2 amide bonds. The summed E-state index contributed by atoms with van der Waals surface area (Å²) in [5.74, 6) is -0.361. The molecule has 2 fully saturated rings. The number of likely N-dealkylation sites (tertiary alicyclic amines) is 1. The molecule has 0 bridgehead atoms. The fourth-order valence-electron chi connectivity index (χ4n) is 3.98. The Morgan fingerprint density at radius 1 is 1.06 bits per heavy atom. The highest BCUT2D eigenvalue weighted by molar-refractivity contribution is 8.05. The third-order valence-electron chi connectivity index (χ3n) is 5.69. The molecule has 2 aromatic carbocycles. The number of thioether (sulfide) groups is 1. The quantitative estimate of drug-likeness (QED) is 0.531. The highest BCUT2D eigenvalue weighted by Gasteiger charge is 2.41. The van der Waals surface area contributed by atoms with Crippen LogP contribution < -0.4 is 4.90 Å². The smallest absolute Gasteiger partial charge is 0.267 e. The predicted molar refractivity (Wildman–Crippen MR) is 123 cm³/mol. The lowest BCUT2D eigenvalue weighted by Crippen LogP contribution is -2.37. The normalized spacial score (nSPS) is 20.5. The summed E-state index contributed by atoms with van der Waals surface area (Å²) in [7, 11) is 0. The molecular formula is C25H25N3O2S. The molecule has 0 aliphatic carbocycles. The summed E-state index contributed by atoms with van der Waals surface area (Å²) in [5.41, 5.74) is 2.97. The maximum absolute atomic E-state index is 13.4. The molecular weight excluding hydrogens is 406 g/mol. The topological polar surface area (TPSA) is 64.4 Å². The minimum absolute atomic E-state index is 0.0653. The van der Waals surface area contributed by atoms with Gasteiger partial charge >= 0.3 is 0 Å². The number of benzene rings is 2. The average molecular weight is 432 g/mol. The molecule has 31 heavy (non-hydrogen) atoms. The summed E-state index contributed by atoms with van der Waals surface area (Å²) >= 11 is 1.33. The summed E-state index contributed by atoms with van der Waals surface area (Å²) in [6.07, 6.45) is 3.55. The third kappa shape index (κ3) is 4.52. The minimum Gasteiger partial charge on any atom is -0.338 e. The predicted octanol–water partition coefficient (Wildman–Crippen LogP) is 4.43. The van der Waals surface area contributed by atoms with Gasteiger partial charge in [0.05, 0.1) is 5.25 Å². The van der Waals surface area contributed by atoms with E-state index >= 15 is 0 Å². The van der Waals surface area contributed by atoms with Crippen LogP contribution >= 0.6 is 11.8 Å². The van der Waals surface area contributed by atoms with Gasteiger partial charge in [-0.15, -0.1) is 0 Å². The van der Waals surface area contributed by atoms with E-state index in [4.69, 9.17) is 0 Å². The molecule has 2 heterocycles. The molecule has 0 unspecified atom stereocenters. The Morgan fingerprint density at radius 2 is 1.74 bits per heavy atom. The largest absolute Gasteiger partial charge is 0.338 e. The average Bonchev–Trinajstić information content (AvgIpc) is 3.12. The standard InChI is InChI=1S/C25H25N3O2S/c1-18-10-12-19(13-11-18)16-22-24(30)28(20-8-4-2-5-9-20)25(31-22)21(17-26)23(29)27-14-6-3-7-15-27/h2,4-5,8-13,22H,3,6-7,14-16H2,1H3/b25-21+/t22-/m0/s1. The molecule has 5 nitrogen and oxygen atoms in total. The molecule has 2 aliphatic rings. The highest BCUT2D eigenvalue weighted by atomic mass is 32.2. The number of hydrogen-bond acceptors (Lipinski definition) is 4. The summed E-state index contributed by atoms with van der Waals surface area (Å²) in [6, 6.07) is 19.5. The summed E-state index contributed by atoms with van der Waals surface area (Å²) < 4.78 is 0. The lowest BCUT2D eigenvalue weighted by atomic mass is 10.1. The fourth-order valence-corrected chi connectivity index (χ4v) is 5.29. The minimum atomic E-state index is -0.379. The van der Waals surface area contributed by atoms with Crippen molar-refractivity contribution in [2.75, 3.05) is 18.0 Å². The van der Waals surface area contributed by atoms with E-state index in [0.717, 1.165) is 24.8 Å². The van der Waals surface area contributed by atoms with Crippen molar-refractivity contribution < 1.29 is 9.59 Å². The Hall–Kier alpha value is -3.04. The van der Waals surface area contributed by atoms with E-state index in [1.807, 2.05) is 61.5 Å². The Morgan fingerprint density at radius 3 is 2.39 bits per heavy atom. The van der Waals surface area contributed by atoms with Gasteiger partial charge in [-0.2, -0.15) is 5.26 Å². The van der Waals surface area contributed by atoms with Gasteiger partial charge in [0.25, 0.3) is 5.91 Å². The first kappa shape index (κ1) is 21.2. The molecule has 6 heteroatoms. The van der Waals surface area contributed by atoms with Gasteiger partial charge < -0.3 is 4.90 Å². The monoisotopic (exact) mass is 431 g/mol. The Labute approximate surface area is 187 Å².